The third kappa shape index (κ3) is 3.66. The third-order valence-electron chi connectivity index (χ3n) is 2.79. The Labute approximate surface area is 128 Å². The van der Waals surface area contributed by atoms with Crippen molar-refractivity contribution in [2.75, 3.05) is 18.5 Å². The third-order valence-corrected chi connectivity index (χ3v) is 2.79. The molecule has 0 fully saturated rings. The average molecular weight is 303 g/mol. The molecule has 0 radical (unpaired) electrons. The number of benzene rings is 1. The highest BCUT2D eigenvalue weighted by Crippen LogP contribution is 2.27. The van der Waals surface area contributed by atoms with E-state index in [1.165, 1.54) is 6.26 Å². The normalized spacial score (nSPS) is 10.1. The molecule has 0 saturated heterocycles. The molecule has 0 saturated carbocycles. The Morgan fingerprint density at radius 3 is 2.64 bits per heavy atom. The van der Waals surface area contributed by atoms with Gasteiger partial charge in [0.15, 0.2) is 5.76 Å². The molecule has 0 bridgehead atoms. The van der Waals surface area contributed by atoms with Gasteiger partial charge in [-0.2, -0.15) is 0 Å². The number of amides is 1. The molecule has 0 aliphatic heterocycles. The largest absolute Gasteiger partial charge is 0.492 e. The predicted molar refractivity (Wildman–Crippen MR) is 80.2 cm³/mol. The highest BCUT2D eigenvalue weighted by Gasteiger charge is 2.15. The van der Waals surface area contributed by atoms with E-state index in [9.17, 15) is 9.59 Å². The lowest BCUT2D eigenvalue weighted by Crippen LogP contribution is -2.13. The predicted octanol–water partition coefficient (Wildman–Crippen LogP) is 3.11. The standard InChI is InChI=1S/C16H17NO5/c1-3-20-14-10-11(16(19)21-4-2)7-8-12(14)17-15(18)13-6-5-9-22-13/h5-10H,3-4H2,1-2H3,(H,17,18). The van der Waals surface area contributed by atoms with E-state index < -0.39 is 11.9 Å². The summed E-state index contributed by atoms with van der Waals surface area (Å²) >= 11 is 0. The molecular weight excluding hydrogens is 286 g/mol. The second-order valence-corrected chi connectivity index (χ2v) is 4.30. The smallest absolute Gasteiger partial charge is 0.338 e. The fourth-order valence-electron chi connectivity index (χ4n) is 1.83. The van der Waals surface area contributed by atoms with Crippen molar-refractivity contribution in [3.05, 3.63) is 47.9 Å². The number of anilines is 1. The molecule has 2 rings (SSSR count). The second kappa shape index (κ2) is 7.31. The Kier molecular flexibility index (Phi) is 5.19. The summed E-state index contributed by atoms with van der Waals surface area (Å²) in [5.74, 6) is -0.243. The lowest BCUT2D eigenvalue weighted by molar-refractivity contribution is 0.0526. The molecule has 1 aromatic heterocycles. The van der Waals surface area contributed by atoms with Crippen molar-refractivity contribution < 1.29 is 23.5 Å². The second-order valence-electron chi connectivity index (χ2n) is 4.30. The molecule has 0 unspecified atom stereocenters. The summed E-state index contributed by atoms with van der Waals surface area (Å²) in [7, 11) is 0. The maximum absolute atomic E-state index is 12.0. The first-order valence-corrected chi connectivity index (χ1v) is 6.94. The lowest BCUT2D eigenvalue weighted by Gasteiger charge is -2.12. The Morgan fingerprint density at radius 2 is 2.00 bits per heavy atom. The number of furan rings is 1. The highest BCUT2D eigenvalue weighted by atomic mass is 16.5. The molecule has 1 N–H and O–H groups in total. The van der Waals surface area contributed by atoms with Crippen molar-refractivity contribution in [1.29, 1.82) is 0 Å². The minimum Gasteiger partial charge on any atom is -0.492 e. The molecule has 2 aromatic rings. The maximum atomic E-state index is 12.0. The molecule has 0 aliphatic carbocycles. The number of hydrogen-bond acceptors (Lipinski definition) is 5. The zero-order valence-corrected chi connectivity index (χ0v) is 12.4. The molecular formula is C16H17NO5. The van der Waals surface area contributed by atoms with Gasteiger partial charge in [0.2, 0.25) is 0 Å². The molecule has 1 amide bonds. The van der Waals surface area contributed by atoms with Gasteiger partial charge in [-0.05, 0) is 44.2 Å². The maximum Gasteiger partial charge on any atom is 0.338 e. The van der Waals surface area contributed by atoms with Crippen LogP contribution in [0.3, 0.4) is 0 Å². The summed E-state index contributed by atoms with van der Waals surface area (Å²) in [6.45, 7) is 4.24. The quantitative estimate of drug-likeness (QED) is 0.830. The minimum atomic E-state index is -0.438. The van der Waals surface area contributed by atoms with Gasteiger partial charge >= 0.3 is 5.97 Å². The summed E-state index contributed by atoms with van der Waals surface area (Å²) in [5, 5.41) is 2.69. The Bertz CT molecular complexity index is 649. The molecule has 6 heteroatoms. The number of ether oxygens (including phenoxy) is 2. The number of carbonyl (C=O) groups is 2. The van der Waals surface area contributed by atoms with Crippen molar-refractivity contribution in [1.82, 2.24) is 0 Å². The summed E-state index contributed by atoms with van der Waals surface area (Å²) in [6.07, 6.45) is 1.42. The molecule has 0 spiro atoms. The SMILES string of the molecule is CCOC(=O)c1ccc(NC(=O)c2ccco2)c(OCC)c1. The van der Waals surface area contributed by atoms with Crippen LogP contribution in [0.15, 0.2) is 41.0 Å². The Morgan fingerprint density at radius 1 is 1.18 bits per heavy atom. The van der Waals surface area contributed by atoms with Crippen LogP contribution in [-0.4, -0.2) is 25.1 Å². The summed E-state index contributed by atoms with van der Waals surface area (Å²) < 4.78 is 15.4. The number of nitrogens with one attached hydrogen (secondary N) is 1. The van der Waals surface area contributed by atoms with E-state index >= 15 is 0 Å². The fraction of sp³-hybridized carbons (Fsp3) is 0.250. The number of esters is 1. The first kappa shape index (κ1) is 15.6. The van der Waals surface area contributed by atoms with Crippen LogP contribution in [-0.2, 0) is 4.74 Å². The zero-order chi connectivity index (χ0) is 15.9. The van der Waals surface area contributed by atoms with Crippen molar-refractivity contribution in [2.45, 2.75) is 13.8 Å². The van der Waals surface area contributed by atoms with Crippen LogP contribution in [0.25, 0.3) is 0 Å². The van der Waals surface area contributed by atoms with Crippen molar-refractivity contribution >= 4 is 17.6 Å². The molecule has 1 aromatic carbocycles. The molecule has 22 heavy (non-hydrogen) atoms. The molecule has 1 heterocycles. The molecule has 6 nitrogen and oxygen atoms in total. The van der Waals surface area contributed by atoms with Crippen LogP contribution in [0.2, 0.25) is 0 Å². The lowest BCUT2D eigenvalue weighted by atomic mass is 10.2. The first-order valence-electron chi connectivity index (χ1n) is 6.94. The van der Waals surface area contributed by atoms with E-state index in [4.69, 9.17) is 13.9 Å². The van der Waals surface area contributed by atoms with Gasteiger partial charge in [0, 0.05) is 0 Å². The van der Waals surface area contributed by atoms with Gasteiger partial charge in [0.1, 0.15) is 5.75 Å². The Hall–Kier alpha value is -2.76. The number of rotatable bonds is 6. The topological polar surface area (TPSA) is 77.8 Å². The van der Waals surface area contributed by atoms with E-state index in [1.807, 2.05) is 6.92 Å². The van der Waals surface area contributed by atoms with Crippen molar-refractivity contribution in [2.24, 2.45) is 0 Å². The van der Waals surface area contributed by atoms with E-state index in [-0.39, 0.29) is 5.76 Å². The summed E-state index contributed by atoms with van der Waals surface area (Å²) in [6, 6.07) is 7.89. The van der Waals surface area contributed by atoms with Crippen molar-refractivity contribution in [3.8, 4) is 5.75 Å². The van der Waals surface area contributed by atoms with Crippen LogP contribution in [0.5, 0.6) is 5.75 Å². The van der Waals surface area contributed by atoms with Gasteiger partial charge in [0.25, 0.3) is 5.91 Å². The van der Waals surface area contributed by atoms with Crippen molar-refractivity contribution in [3.63, 3.8) is 0 Å². The van der Waals surface area contributed by atoms with E-state index in [2.05, 4.69) is 5.32 Å². The number of hydrogen-bond donors (Lipinski definition) is 1. The zero-order valence-electron chi connectivity index (χ0n) is 12.4. The number of carbonyl (C=O) groups excluding carboxylic acids is 2. The van der Waals surface area contributed by atoms with Gasteiger partial charge in [-0.25, -0.2) is 4.79 Å². The fourth-order valence-corrected chi connectivity index (χ4v) is 1.83. The van der Waals surface area contributed by atoms with E-state index in [0.717, 1.165) is 0 Å². The minimum absolute atomic E-state index is 0.192. The van der Waals surface area contributed by atoms with Crippen LogP contribution in [0.4, 0.5) is 5.69 Å². The summed E-state index contributed by atoms with van der Waals surface area (Å²) in [4.78, 5) is 23.7. The molecule has 0 aliphatic rings. The van der Waals surface area contributed by atoms with Gasteiger partial charge in [-0.1, -0.05) is 0 Å². The highest BCUT2D eigenvalue weighted by molar-refractivity contribution is 6.03. The van der Waals surface area contributed by atoms with Crippen LogP contribution in [0.1, 0.15) is 34.8 Å². The van der Waals surface area contributed by atoms with Gasteiger partial charge in [-0.15, -0.1) is 0 Å². The van der Waals surface area contributed by atoms with Gasteiger partial charge in [-0.3, -0.25) is 4.79 Å². The van der Waals surface area contributed by atoms with Crippen LogP contribution >= 0.6 is 0 Å². The van der Waals surface area contributed by atoms with Gasteiger partial charge in [0.05, 0.1) is 30.7 Å². The average Bonchev–Trinajstić information content (AvgIpc) is 3.04. The first-order chi connectivity index (χ1) is 10.7. The summed E-state index contributed by atoms with van der Waals surface area (Å²) in [5.41, 5.74) is 0.817. The molecule has 116 valence electrons. The van der Waals surface area contributed by atoms with Crippen LogP contribution < -0.4 is 10.1 Å². The monoisotopic (exact) mass is 303 g/mol. The Balaban J connectivity index is 2.23. The van der Waals surface area contributed by atoms with Crippen LogP contribution in [0, 0.1) is 0 Å². The van der Waals surface area contributed by atoms with Gasteiger partial charge < -0.3 is 19.2 Å². The molecule has 0 atom stereocenters. The van der Waals surface area contributed by atoms with E-state index in [1.54, 1.807) is 37.3 Å². The van der Waals surface area contributed by atoms with E-state index in [0.29, 0.717) is 30.2 Å².